The Bertz CT molecular complexity index is 2380. The van der Waals surface area contributed by atoms with Gasteiger partial charge in [-0.1, -0.05) is 134 Å². The van der Waals surface area contributed by atoms with Crippen LogP contribution in [0.1, 0.15) is 79.1 Å². The summed E-state index contributed by atoms with van der Waals surface area (Å²) in [7, 11) is 0. The third kappa shape index (κ3) is 10.2. The van der Waals surface area contributed by atoms with Crippen molar-refractivity contribution in [3.8, 4) is 33.8 Å². The highest BCUT2D eigenvalue weighted by molar-refractivity contribution is 9.10. The Hall–Kier alpha value is -4.52. The summed E-state index contributed by atoms with van der Waals surface area (Å²) >= 11 is 6.99. The largest absolute Gasteiger partial charge is 0.493 e. The Morgan fingerprint density at radius 3 is 1.14 bits per heavy atom. The van der Waals surface area contributed by atoms with Crippen LogP contribution in [0.3, 0.4) is 0 Å². The summed E-state index contributed by atoms with van der Waals surface area (Å²) in [5.74, 6) is 3.17. The normalized spacial score (nSPS) is 12.5. The van der Waals surface area contributed by atoms with Gasteiger partial charge in [0.1, 0.15) is 11.5 Å². The van der Waals surface area contributed by atoms with Gasteiger partial charge in [0, 0.05) is 52.6 Å². The summed E-state index contributed by atoms with van der Waals surface area (Å²) in [5.41, 5.74) is 9.49. The Morgan fingerprint density at radius 1 is 0.431 bits per heavy atom. The Labute approximate surface area is 361 Å². The molecule has 58 heavy (non-hydrogen) atoms. The van der Waals surface area contributed by atoms with Crippen LogP contribution in [0.5, 0.6) is 11.5 Å². The fourth-order valence-corrected chi connectivity index (χ4v) is 8.53. The predicted molar refractivity (Wildman–Crippen MR) is 255 cm³/mol. The van der Waals surface area contributed by atoms with Gasteiger partial charge in [-0.2, -0.15) is 0 Å². The molecule has 2 aromatic heterocycles. The van der Waals surface area contributed by atoms with Crippen molar-refractivity contribution < 1.29 is 9.47 Å². The van der Waals surface area contributed by atoms with Crippen LogP contribution in [0, 0.1) is 11.8 Å². The Kier molecular flexibility index (Phi) is 14.3. The number of aromatic amines is 2. The number of hydrogen-bond donors (Lipinski definition) is 2. The number of nitrogens with one attached hydrogen (secondary N) is 2. The van der Waals surface area contributed by atoms with Crippen LogP contribution >= 0.6 is 31.9 Å². The fraction of sp³-hybridized carbons (Fsp3) is 0.308. The molecule has 0 aliphatic heterocycles. The smallest absolute Gasteiger partial charge is 0.119 e. The van der Waals surface area contributed by atoms with Gasteiger partial charge in [-0.05, 0) is 132 Å². The van der Waals surface area contributed by atoms with Gasteiger partial charge in [0.2, 0.25) is 0 Å². The molecule has 8 rings (SSSR count). The van der Waals surface area contributed by atoms with Crippen LogP contribution in [0.15, 0.2) is 130 Å². The SMILES string of the molecule is Brc1ccc2[nH]c3ccc(Br)cc3c2c1.CCCCC(CC)COc1ccc(-c2ccc3[nH]c4ccc(-c5ccc(OCC(CC)CCCC)cc5)cc4c3c2)cc1. The number of hydrogen-bond acceptors (Lipinski definition) is 2. The summed E-state index contributed by atoms with van der Waals surface area (Å²) < 4.78 is 14.5. The second-order valence-electron chi connectivity index (χ2n) is 15.7. The molecule has 0 aliphatic carbocycles. The zero-order valence-electron chi connectivity index (χ0n) is 34.3. The predicted octanol–water partition coefficient (Wildman–Crippen LogP) is 16.7. The first-order chi connectivity index (χ1) is 28.3. The first kappa shape index (κ1) is 41.6. The van der Waals surface area contributed by atoms with E-state index in [4.69, 9.17) is 9.47 Å². The van der Waals surface area contributed by atoms with E-state index in [0.717, 1.165) is 44.7 Å². The fourth-order valence-electron chi connectivity index (χ4n) is 7.81. The van der Waals surface area contributed by atoms with Crippen molar-refractivity contribution in [2.75, 3.05) is 13.2 Å². The van der Waals surface area contributed by atoms with Crippen molar-refractivity contribution in [3.63, 3.8) is 0 Å². The Balaban J connectivity index is 0.000000282. The summed E-state index contributed by atoms with van der Waals surface area (Å²) in [4.78, 5) is 7.00. The van der Waals surface area contributed by atoms with Crippen LogP contribution in [0.4, 0.5) is 0 Å². The molecule has 0 radical (unpaired) electrons. The number of H-pyrrole nitrogens is 2. The summed E-state index contributed by atoms with van der Waals surface area (Å²) in [6.07, 6.45) is 9.87. The molecule has 2 N–H and O–H groups in total. The highest BCUT2D eigenvalue weighted by Gasteiger charge is 2.12. The molecular weight excluding hydrogens is 844 g/mol. The van der Waals surface area contributed by atoms with Crippen LogP contribution in [-0.4, -0.2) is 23.2 Å². The quantitative estimate of drug-likeness (QED) is 0.102. The topological polar surface area (TPSA) is 50.0 Å². The van der Waals surface area contributed by atoms with Crippen LogP contribution in [0.25, 0.3) is 65.9 Å². The lowest BCUT2D eigenvalue weighted by Crippen LogP contribution is -2.11. The van der Waals surface area contributed by atoms with Crippen molar-refractivity contribution in [1.82, 2.24) is 9.97 Å². The first-order valence-electron chi connectivity index (χ1n) is 21.2. The van der Waals surface area contributed by atoms with E-state index in [1.54, 1.807) is 0 Å². The number of ether oxygens (including phenoxy) is 2. The number of aromatic nitrogens is 2. The molecule has 0 spiro atoms. The highest BCUT2D eigenvalue weighted by atomic mass is 79.9. The lowest BCUT2D eigenvalue weighted by atomic mass is 10.00. The van der Waals surface area contributed by atoms with Gasteiger partial charge in [0.25, 0.3) is 0 Å². The highest BCUT2D eigenvalue weighted by Crippen LogP contribution is 2.35. The molecule has 6 heteroatoms. The third-order valence-corrected chi connectivity index (χ3v) is 12.5. The van der Waals surface area contributed by atoms with Gasteiger partial charge in [-0.15, -0.1) is 0 Å². The molecular formula is C52H56Br2N2O2. The summed E-state index contributed by atoms with van der Waals surface area (Å²) in [6.45, 7) is 10.6. The maximum absolute atomic E-state index is 6.16. The van der Waals surface area contributed by atoms with E-state index in [1.807, 2.05) is 12.1 Å². The van der Waals surface area contributed by atoms with E-state index in [-0.39, 0.29) is 0 Å². The molecule has 0 bridgehead atoms. The maximum atomic E-state index is 6.16. The molecule has 0 fully saturated rings. The molecule has 300 valence electrons. The standard InChI is InChI=1S/C40H49NO2.C12H7Br2N/c1-5-9-11-29(7-3)27-42-35-19-13-31(14-20-35)33-17-23-39-37(25-33)38-26-34(18-24-40(38)41-39)32-15-21-36(22-16-32)43-28-30(8-4)12-10-6-2;13-7-1-3-11-9(5-7)10-6-8(14)2-4-12(10)15-11/h13-26,29-30,41H,5-12,27-28H2,1-4H3;1-6,15H. The average Bonchev–Trinajstić information content (AvgIpc) is 3.81. The number of rotatable bonds is 16. The van der Waals surface area contributed by atoms with Crippen LogP contribution in [0.2, 0.25) is 0 Å². The summed E-state index contributed by atoms with van der Waals surface area (Å²) in [6, 6.07) is 43.2. The molecule has 4 nitrogen and oxygen atoms in total. The minimum Gasteiger partial charge on any atom is -0.493 e. The molecule has 2 unspecified atom stereocenters. The van der Waals surface area contributed by atoms with E-state index in [1.165, 1.54) is 106 Å². The number of benzene rings is 6. The third-order valence-electron chi connectivity index (χ3n) is 11.6. The van der Waals surface area contributed by atoms with Gasteiger partial charge in [-0.25, -0.2) is 0 Å². The molecule has 0 saturated carbocycles. The minimum absolute atomic E-state index is 0.633. The molecule has 0 amide bonds. The lowest BCUT2D eigenvalue weighted by Gasteiger charge is -2.15. The van der Waals surface area contributed by atoms with Gasteiger partial charge in [0.15, 0.2) is 0 Å². The van der Waals surface area contributed by atoms with Crippen molar-refractivity contribution >= 4 is 75.5 Å². The maximum Gasteiger partial charge on any atom is 0.119 e. The first-order valence-corrected chi connectivity index (χ1v) is 22.8. The van der Waals surface area contributed by atoms with E-state index in [9.17, 15) is 0 Å². The van der Waals surface area contributed by atoms with Gasteiger partial charge in [-0.3, -0.25) is 0 Å². The van der Waals surface area contributed by atoms with Gasteiger partial charge < -0.3 is 19.4 Å². The minimum atomic E-state index is 0.633. The van der Waals surface area contributed by atoms with E-state index < -0.39 is 0 Å². The average molecular weight is 901 g/mol. The molecule has 8 aromatic rings. The zero-order valence-corrected chi connectivity index (χ0v) is 37.5. The Morgan fingerprint density at radius 2 is 0.776 bits per heavy atom. The van der Waals surface area contributed by atoms with E-state index in [0.29, 0.717) is 11.8 Å². The molecule has 6 aromatic carbocycles. The van der Waals surface area contributed by atoms with Crippen molar-refractivity contribution in [2.45, 2.75) is 79.1 Å². The monoisotopic (exact) mass is 898 g/mol. The molecule has 2 atom stereocenters. The molecule has 2 heterocycles. The van der Waals surface area contributed by atoms with Crippen molar-refractivity contribution in [3.05, 3.63) is 130 Å². The number of unbranched alkanes of at least 4 members (excludes halogenated alkanes) is 2. The van der Waals surface area contributed by atoms with Crippen LogP contribution < -0.4 is 9.47 Å². The second-order valence-corrected chi connectivity index (χ2v) is 17.5. The molecule has 0 aliphatic rings. The van der Waals surface area contributed by atoms with Gasteiger partial charge in [0.05, 0.1) is 13.2 Å². The van der Waals surface area contributed by atoms with E-state index in [2.05, 4.69) is 179 Å². The summed E-state index contributed by atoms with van der Waals surface area (Å²) in [5, 5.41) is 4.99. The van der Waals surface area contributed by atoms with Crippen molar-refractivity contribution in [2.24, 2.45) is 11.8 Å². The van der Waals surface area contributed by atoms with E-state index >= 15 is 0 Å². The number of fused-ring (bicyclic) bond motifs is 6. The number of halogens is 2. The lowest BCUT2D eigenvalue weighted by molar-refractivity contribution is 0.233. The zero-order chi connectivity index (χ0) is 40.4. The second kappa shape index (κ2) is 20.0. The van der Waals surface area contributed by atoms with Gasteiger partial charge >= 0.3 is 0 Å². The van der Waals surface area contributed by atoms with Crippen molar-refractivity contribution in [1.29, 1.82) is 0 Å². The van der Waals surface area contributed by atoms with Crippen LogP contribution in [-0.2, 0) is 0 Å². The molecule has 0 saturated heterocycles.